The molecule has 1 saturated carbocycles. The van der Waals surface area contributed by atoms with E-state index in [4.69, 9.17) is 9.84 Å². The van der Waals surface area contributed by atoms with Gasteiger partial charge in [-0.3, -0.25) is 0 Å². The number of rotatable bonds is 4. The Kier molecular flexibility index (Phi) is 6.11. The van der Waals surface area contributed by atoms with Crippen LogP contribution in [0.15, 0.2) is 24.3 Å². The van der Waals surface area contributed by atoms with Crippen LogP contribution in [0, 0.1) is 17.8 Å². The molecule has 0 aliphatic heterocycles. The summed E-state index contributed by atoms with van der Waals surface area (Å²) in [5.74, 6) is 6.83. The van der Waals surface area contributed by atoms with Crippen LogP contribution in [0.4, 0.5) is 0 Å². The molecule has 20 heavy (non-hydrogen) atoms. The van der Waals surface area contributed by atoms with Gasteiger partial charge >= 0.3 is 0 Å². The van der Waals surface area contributed by atoms with E-state index in [1.807, 2.05) is 12.1 Å². The summed E-state index contributed by atoms with van der Waals surface area (Å²) in [7, 11) is 0. The van der Waals surface area contributed by atoms with Gasteiger partial charge < -0.3 is 9.84 Å². The summed E-state index contributed by atoms with van der Waals surface area (Å²) < 4.78 is 5.99. The largest absolute Gasteiger partial charge is 0.395 e. The number of aliphatic hydroxyl groups is 1. The van der Waals surface area contributed by atoms with Crippen LogP contribution in [0.3, 0.4) is 0 Å². The van der Waals surface area contributed by atoms with E-state index in [-0.39, 0.29) is 6.61 Å². The first kappa shape index (κ1) is 15.1. The fraction of sp³-hybridized carbons (Fsp3) is 0.556. The topological polar surface area (TPSA) is 29.5 Å². The summed E-state index contributed by atoms with van der Waals surface area (Å²) in [6.45, 7) is 3.15. The maximum atomic E-state index is 8.68. The zero-order valence-corrected chi connectivity index (χ0v) is 12.3. The van der Waals surface area contributed by atoms with Gasteiger partial charge in [-0.1, -0.05) is 30.9 Å². The molecule has 0 amide bonds. The normalized spacial score (nSPS) is 22.1. The van der Waals surface area contributed by atoms with Crippen molar-refractivity contribution in [2.75, 3.05) is 6.61 Å². The second-order valence-corrected chi connectivity index (χ2v) is 5.67. The summed E-state index contributed by atoms with van der Waals surface area (Å²) in [5.41, 5.74) is 2.20. The van der Waals surface area contributed by atoms with E-state index < -0.39 is 0 Å². The Labute approximate surface area is 122 Å². The lowest BCUT2D eigenvalue weighted by molar-refractivity contribution is 0.00877. The number of hydrogen-bond donors (Lipinski definition) is 1. The number of hydrogen-bond acceptors (Lipinski definition) is 2. The zero-order chi connectivity index (χ0) is 14.2. The van der Waals surface area contributed by atoms with Gasteiger partial charge in [-0.05, 0) is 49.3 Å². The quantitative estimate of drug-likeness (QED) is 0.850. The fourth-order valence-electron chi connectivity index (χ4n) is 2.52. The highest BCUT2D eigenvalue weighted by atomic mass is 16.5. The van der Waals surface area contributed by atoms with E-state index in [1.165, 1.54) is 31.2 Å². The van der Waals surface area contributed by atoms with Crippen LogP contribution in [-0.4, -0.2) is 17.8 Å². The maximum Gasteiger partial charge on any atom is 0.0720 e. The van der Waals surface area contributed by atoms with Gasteiger partial charge in [0.2, 0.25) is 0 Å². The Hall–Kier alpha value is -1.30. The van der Waals surface area contributed by atoms with Crippen molar-refractivity contribution in [3.8, 4) is 11.8 Å². The van der Waals surface area contributed by atoms with Gasteiger partial charge in [0.1, 0.15) is 0 Å². The first-order chi connectivity index (χ1) is 9.78. The second kappa shape index (κ2) is 8.09. The van der Waals surface area contributed by atoms with E-state index >= 15 is 0 Å². The molecule has 2 heteroatoms. The van der Waals surface area contributed by atoms with Crippen molar-refractivity contribution in [1.82, 2.24) is 0 Å². The maximum absolute atomic E-state index is 8.68. The number of ether oxygens (including phenoxy) is 1. The summed E-state index contributed by atoms with van der Waals surface area (Å²) in [6.07, 6.45) is 5.96. The monoisotopic (exact) mass is 272 g/mol. The Balaban J connectivity index is 1.78. The minimum absolute atomic E-state index is 0.124. The summed E-state index contributed by atoms with van der Waals surface area (Å²) in [6, 6.07) is 8.20. The van der Waals surface area contributed by atoms with Crippen molar-refractivity contribution in [2.24, 2.45) is 5.92 Å². The van der Waals surface area contributed by atoms with Crippen LogP contribution < -0.4 is 0 Å². The average Bonchev–Trinajstić information content (AvgIpc) is 2.48. The van der Waals surface area contributed by atoms with Crippen molar-refractivity contribution in [3.05, 3.63) is 35.4 Å². The minimum Gasteiger partial charge on any atom is -0.395 e. The fourth-order valence-corrected chi connectivity index (χ4v) is 2.52. The predicted molar refractivity (Wildman–Crippen MR) is 81.2 cm³/mol. The molecule has 1 aliphatic rings. The molecule has 0 spiro atoms. The van der Waals surface area contributed by atoms with Crippen molar-refractivity contribution < 1.29 is 9.84 Å². The van der Waals surface area contributed by atoms with Gasteiger partial charge in [0.15, 0.2) is 0 Å². The molecule has 0 heterocycles. The molecule has 1 aromatic carbocycles. The number of benzene rings is 1. The Bertz CT molecular complexity index is 445. The lowest BCUT2D eigenvalue weighted by atomic mass is 9.89. The lowest BCUT2D eigenvalue weighted by Crippen LogP contribution is -2.20. The number of aliphatic hydroxyl groups excluding tert-OH is 1. The molecule has 1 aliphatic carbocycles. The van der Waals surface area contributed by atoms with Crippen molar-refractivity contribution in [1.29, 1.82) is 0 Å². The highest BCUT2D eigenvalue weighted by molar-refractivity contribution is 5.35. The van der Waals surface area contributed by atoms with E-state index in [2.05, 4.69) is 30.9 Å². The molecule has 1 aromatic rings. The SMILES string of the molecule is CC1CCC(OCc2ccc(C#CCCO)cc2)CC1. The predicted octanol–water partition coefficient (Wildman–Crippen LogP) is 3.52. The second-order valence-electron chi connectivity index (χ2n) is 5.67. The molecular formula is C18H24O2. The molecule has 0 unspecified atom stereocenters. The third kappa shape index (κ3) is 5.00. The van der Waals surface area contributed by atoms with Crippen LogP contribution in [0.25, 0.3) is 0 Å². The molecule has 2 nitrogen and oxygen atoms in total. The summed E-state index contributed by atoms with van der Waals surface area (Å²) in [4.78, 5) is 0. The standard InChI is InChI=1S/C18H24O2/c1-15-5-11-18(12-6-15)20-14-17-9-7-16(8-10-17)4-2-3-13-19/h7-10,15,18-19H,3,5-6,11-14H2,1H3. The molecule has 0 bridgehead atoms. The zero-order valence-electron chi connectivity index (χ0n) is 12.3. The summed E-state index contributed by atoms with van der Waals surface area (Å²) in [5, 5.41) is 8.68. The summed E-state index contributed by atoms with van der Waals surface area (Å²) >= 11 is 0. The Morgan fingerprint density at radius 1 is 1.15 bits per heavy atom. The van der Waals surface area contributed by atoms with Crippen LogP contribution >= 0.6 is 0 Å². The first-order valence-corrected chi connectivity index (χ1v) is 7.58. The van der Waals surface area contributed by atoms with E-state index in [1.54, 1.807) is 0 Å². The van der Waals surface area contributed by atoms with E-state index in [9.17, 15) is 0 Å². The van der Waals surface area contributed by atoms with Gasteiger partial charge in [0.05, 0.1) is 19.3 Å². The lowest BCUT2D eigenvalue weighted by Gasteiger charge is -2.26. The molecule has 1 N–H and O–H groups in total. The highest BCUT2D eigenvalue weighted by Gasteiger charge is 2.18. The van der Waals surface area contributed by atoms with Crippen molar-refractivity contribution >= 4 is 0 Å². The highest BCUT2D eigenvalue weighted by Crippen LogP contribution is 2.26. The van der Waals surface area contributed by atoms with Gasteiger partial charge in [0, 0.05) is 12.0 Å². The van der Waals surface area contributed by atoms with Crippen LogP contribution in [-0.2, 0) is 11.3 Å². The molecule has 0 aromatic heterocycles. The molecule has 1 fully saturated rings. The van der Waals surface area contributed by atoms with Gasteiger partial charge in [0.25, 0.3) is 0 Å². The van der Waals surface area contributed by atoms with Crippen LogP contribution in [0.5, 0.6) is 0 Å². The van der Waals surface area contributed by atoms with Gasteiger partial charge in [-0.25, -0.2) is 0 Å². The minimum atomic E-state index is 0.124. The smallest absolute Gasteiger partial charge is 0.0720 e. The Morgan fingerprint density at radius 3 is 2.50 bits per heavy atom. The molecule has 0 saturated heterocycles. The van der Waals surface area contributed by atoms with Crippen molar-refractivity contribution in [3.63, 3.8) is 0 Å². The first-order valence-electron chi connectivity index (χ1n) is 7.58. The Morgan fingerprint density at radius 2 is 1.85 bits per heavy atom. The molecule has 0 atom stereocenters. The average molecular weight is 272 g/mol. The third-order valence-corrected chi connectivity index (χ3v) is 3.87. The van der Waals surface area contributed by atoms with Crippen LogP contribution in [0.2, 0.25) is 0 Å². The molecule has 0 radical (unpaired) electrons. The third-order valence-electron chi connectivity index (χ3n) is 3.87. The van der Waals surface area contributed by atoms with E-state index in [0.717, 1.165) is 11.5 Å². The molecule has 2 rings (SSSR count). The molecule has 108 valence electrons. The van der Waals surface area contributed by atoms with Crippen LogP contribution in [0.1, 0.15) is 50.2 Å². The van der Waals surface area contributed by atoms with Gasteiger partial charge in [-0.2, -0.15) is 0 Å². The van der Waals surface area contributed by atoms with Gasteiger partial charge in [-0.15, -0.1) is 0 Å². The van der Waals surface area contributed by atoms with Crippen molar-refractivity contribution in [2.45, 2.75) is 51.7 Å². The molecular weight excluding hydrogens is 248 g/mol. The van der Waals surface area contributed by atoms with E-state index in [0.29, 0.717) is 19.1 Å².